The van der Waals surface area contributed by atoms with Crippen molar-refractivity contribution >= 4 is 17.3 Å². The summed E-state index contributed by atoms with van der Waals surface area (Å²) in [7, 11) is 0. The van der Waals surface area contributed by atoms with Crippen molar-refractivity contribution in [2.45, 2.75) is 6.42 Å². The summed E-state index contributed by atoms with van der Waals surface area (Å²) in [6, 6.07) is 16.8. The van der Waals surface area contributed by atoms with Gasteiger partial charge in [-0.15, -0.1) is 0 Å². The molecule has 0 bridgehead atoms. The molecule has 0 aliphatic carbocycles. The van der Waals surface area contributed by atoms with Gasteiger partial charge < -0.3 is 5.73 Å². The minimum absolute atomic E-state index is 0.0740. The van der Waals surface area contributed by atoms with Gasteiger partial charge in [-0.2, -0.15) is 5.10 Å². The van der Waals surface area contributed by atoms with Crippen molar-refractivity contribution in [3.05, 3.63) is 65.7 Å². The minimum Gasteiger partial charge on any atom is -0.398 e. The van der Waals surface area contributed by atoms with Crippen LogP contribution in [0.25, 0.3) is 0 Å². The van der Waals surface area contributed by atoms with E-state index >= 15 is 0 Å². The number of rotatable bonds is 2. The number of amides is 1. The largest absolute Gasteiger partial charge is 0.398 e. The molecule has 1 aliphatic rings. The molecule has 20 heavy (non-hydrogen) atoms. The summed E-state index contributed by atoms with van der Waals surface area (Å²) >= 11 is 0. The Balaban J connectivity index is 1.85. The quantitative estimate of drug-likeness (QED) is 0.848. The standard InChI is InChI=1S/C16H15N3O/c17-14-9-5-4-8-13(14)15-10-11-19(18-15)16(20)12-6-2-1-3-7-12/h1-9H,10-11,17H2. The molecule has 2 aromatic rings. The molecule has 100 valence electrons. The Kier molecular flexibility index (Phi) is 3.21. The van der Waals surface area contributed by atoms with E-state index in [0.717, 1.165) is 17.7 Å². The summed E-state index contributed by atoms with van der Waals surface area (Å²) < 4.78 is 0. The summed E-state index contributed by atoms with van der Waals surface area (Å²) in [4.78, 5) is 12.3. The molecule has 1 aliphatic heterocycles. The first-order valence-corrected chi connectivity index (χ1v) is 6.55. The highest BCUT2D eigenvalue weighted by atomic mass is 16.2. The number of carbonyl (C=O) groups is 1. The summed E-state index contributed by atoms with van der Waals surface area (Å²) in [6.07, 6.45) is 0.729. The van der Waals surface area contributed by atoms with E-state index in [9.17, 15) is 4.79 Å². The number of hydrazone groups is 1. The van der Waals surface area contributed by atoms with Gasteiger partial charge in [0.2, 0.25) is 0 Å². The van der Waals surface area contributed by atoms with Crippen molar-refractivity contribution in [1.29, 1.82) is 0 Å². The fourth-order valence-corrected chi connectivity index (χ4v) is 2.28. The van der Waals surface area contributed by atoms with Gasteiger partial charge in [-0.3, -0.25) is 4.79 Å². The van der Waals surface area contributed by atoms with Gasteiger partial charge in [0.15, 0.2) is 0 Å². The molecule has 2 N–H and O–H groups in total. The third-order valence-corrected chi connectivity index (χ3v) is 3.33. The van der Waals surface area contributed by atoms with Crippen LogP contribution < -0.4 is 5.73 Å². The first kappa shape index (κ1) is 12.4. The van der Waals surface area contributed by atoms with Gasteiger partial charge in [-0.1, -0.05) is 36.4 Å². The van der Waals surface area contributed by atoms with Crippen LogP contribution in [0, 0.1) is 0 Å². The lowest BCUT2D eigenvalue weighted by molar-refractivity contribution is 0.0778. The highest BCUT2D eigenvalue weighted by Crippen LogP contribution is 2.20. The maximum Gasteiger partial charge on any atom is 0.273 e. The molecule has 1 heterocycles. The van der Waals surface area contributed by atoms with Crippen LogP contribution in [0.2, 0.25) is 0 Å². The Hall–Kier alpha value is -2.62. The molecule has 1 amide bonds. The molecule has 2 aromatic carbocycles. The lowest BCUT2D eigenvalue weighted by Gasteiger charge is -2.10. The average Bonchev–Trinajstić information content (AvgIpc) is 2.97. The van der Waals surface area contributed by atoms with Crippen molar-refractivity contribution in [3.63, 3.8) is 0 Å². The van der Waals surface area contributed by atoms with Crippen molar-refractivity contribution in [3.8, 4) is 0 Å². The van der Waals surface area contributed by atoms with Crippen molar-refractivity contribution < 1.29 is 4.79 Å². The van der Waals surface area contributed by atoms with E-state index in [0.29, 0.717) is 17.8 Å². The lowest BCUT2D eigenvalue weighted by atomic mass is 10.1. The fraction of sp³-hybridized carbons (Fsp3) is 0.125. The first-order valence-electron chi connectivity index (χ1n) is 6.55. The molecule has 4 heteroatoms. The Morgan fingerprint density at radius 2 is 1.75 bits per heavy atom. The number of para-hydroxylation sites is 1. The Labute approximate surface area is 117 Å². The second-order valence-electron chi connectivity index (χ2n) is 4.68. The maximum absolute atomic E-state index is 12.3. The molecule has 3 rings (SSSR count). The van der Waals surface area contributed by atoms with Crippen LogP contribution in [0.3, 0.4) is 0 Å². The molecule has 0 unspecified atom stereocenters. The average molecular weight is 265 g/mol. The molecular weight excluding hydrogens is 250 g/mol. The van der Waals surface area contributed by atoms with Gasteiger partial charge >= 0.3 is 0 Å². The number of hydrogen-bond acceptors (Lipinski definition) is 3. The van der Waals surface area contributed by atoms with Crippen molar-refractivity contribution in [1.82, 2.24) is 5.01 Å². The zero-order chi connectivity index (χ0) is 13.9. The van der Waals surface area contributed by atoms with E-state index in [-0.39, 0.29) is 5.91 Å². The highest BCUT2D eigenvalue weighted by Gasteiger charge is 2.23. The predicted molar refractivity (Wildman–Crippen MR) is 79.5 cm³/mol. The number of nitrogens with zero attached hydrogens (tertiary/aromatic N) is 2. The number of nitrogen functional groups attached to an aromatic ring is 1. The fourth-order valence-electron chi connectivity index (χ4n) is 2.28. The molecule has 4 nitrogen and oxygen atoms in total. The smallest absolute Gasteiger partial charge is 0.273 e. The van der Waals surface area contributed by atoms with Gasteiger partial charge in [0.05, 0.1) is 12.3 Å². The number of anilines is 1. The number of hydrogen-bond donors (Lipinski definition) is 1. The van der Waals surface area contributed by atoms with Crippen LogP contribution in [0.1, 0.15) is 22.3 Å². The topological polar surface area (TPSA) is 58.7 Å². The van der Waals surface area contributed by atoms with E-state index in [1.807, 2.05) is 42.5 Å². The van der Waals surface area contributed by atoms with Crippen LogP contribution in [0.15, 0.2) is 59.7 Å². The molecule has 0 fully saturated rings. The summed E-state index contributed by atoms with van der Waals surface area (Å²) in [6.45, 7) is 0.595. The van der Waals surface area contributed by atoms with Gasteiger partial charge in [-0.05, 0) is 18.2 Å². The first-order chi connectivity index (χ1) is 9.75. The van der Waals surface area contributed by atoms with Crippen LogP contribution in [-0.4, -0.2) is 23.2 Å². The van der Waals surface area contributed by atoms with Crippen LogP contribution >= 0.6 is 0 Å². The van der Waals surface area contributed by atoms with E-state index in [4.69, 9.17) is 5.73 Å². The van der Waals surface area contributed by atoms with Crippen molar-refractivity contribution in [2.24, 2.45) is 5.10 Å². The minimum atomic E-state index is -0.0740. The second-order valence-corrected chi connectivity index (χ2v) is 4.68. The predicted octanol–water partition coefficient (Wildman–Crippen LogP) is 2.52. The maximum atomic E-state index is 12.3. The van der Waals surface area contributed by atoms with Crippen LogP contribution in [0.5, 0.6) is 0 Å². The monoisotopic (exact) mass is 265 g/mol. The van der Waals surface area contributed by atoms with Gasteiger partial charge in [0.1, 0.15) is 0 Å². The third kappa shape index (κ3) is 2.28. The normalized spacial score (nSPS) is 14.2. The summed E-state index contributed by atoms with van der Waals surface area (Å²) in [5, 5.41) is 5.93. The molecule has 0 atom stereocenters. The van der Waals surface area contributed by atoms with Gasteiger partial charge in [-0.25, -0.2) is 5.01 Å². The number of benzene rings is 2. The Morgan fingerprint density at radius 1 is 1.05 bits per heavy atom. The Morgan fingerprint density at radius 3 is 2.50 bits per heavy atom. The highest BCUT2D eigenvalue weighted by molar-refractivity contribution is 6.07. The van der Waals surface area contributed by atoms with E-state index < -0.39 is 0 Å². The molecule has 0 spiro atoms. The second kappa shape index (κ2) is 5.17. The van der Waals surface area contributed by atoms with Crippen LogP contribution in [-0.2, 0) is 0 Å². The number of carbonyl (C=O) groups excluding carboxylic acids is 1. The van der Waals surface area contributed by atoms with Gasteiger partial charge in [0, 0.05) is 23.2 Å². The molecule has 0 saturated carbocycles. The summed E-state index contributed by atoms with van der Waals surface area (Å²) in [5.41, 5.74) is 9.08. The van der Waals surface area contributed by atoms with Crippen LogP contribution in [0.4, 0.5) is 5.69 Å². The van der Waals surface area contributed by atoms with E-state index in [1.165, 1.54) is 5.01 Å². The SMILES string of the molecule is Nc1ccccc1C1=NN(C(=O)c2ccccc2)CC1. The van der Waals surface area contributed by atoms with E-state index in [1.54, 1.807) is 12.1 Å². The lowest BCUT2D eigenvalue weighted by Crippen LogP contribution is -2.23. The third-order valence-electron chi connectivity index (χ3n) is 3.33. The van der Waals surface area contributed by atoms with Crippen molar-refractivity contribution in [2.75, 3.05) is 12.3 Å². The molecule has 0 radical (unpaired) electrons. The van der Waals surface area contributed by atoms with Gasteiger partial charge in [0.25, 0.3) is 5.91 Å². The van der Waals surface area contributed by atoms with E-state index in [2.05, 4.69) is 5.10 Å². The molecule has 0 saturated heterocycles. The molecular formula is C16H15N3O. The Bertz CT molecular complexity index is 664. The molecule has 0 aromatic heterocycles. The summed E-state index contributed by atoms with van der Waals surface area (Å²) in [5.74, 6) is -0.0740. The zero-order valence-electron chi connectivity index (χ0n) is 11.0. The zero-order valence-corrected chi connectivity index (χ0v) is 11.0. The number of nitrogens with two attached hydrogens (primary N) is 1.